The number of nitrogens with one attached hydrogen (secondary N) is 2. The number of fused-ring (bicyclic) bond motifs is 6. The number of hydrogen-bond acceptors (Lipinski definition) is 6. The van der Waals surface area contributed by atoms with Gasteiger partial charge in [0.05, 0.1) is 12.2 Å². The number of H-pyrrole nitrogens is 2. The second-order valence-electron chi connectivity index (χ2n) is 13.6. The number of hydrogen-bond donors (Lipinski definition) is 5. The number of aliphatic imine (C=N–C) groups is 2. The molecule has 2 aromatic heterocycles. The molecule has 10 nitrogen and oxygen atoms in total. The van der Waals surface area contributed by atoms with Gasteiger partial charge in [-0.15, -0.1) is 0 Å². The maximum absolute atomic E-state index is 11.4. The van der Waals surface area contributed by atoms with Gasteiger partial charge in [-0.2, -0.15) is 0 Å². The predicted octanol–water partition coefficient (Wildman–Crippen LogP) is 6.28. The summed E-state index contributed by atoms with van der Waals surface area (Å²) in [6, 6.07) is 0. The van der Waals surface area contributed by atoms with E-state index in [1.165, 1.54) is 5.57 Å². The van der Waals surface area contributed by atoms with Crippen molar-refractivity contribution in [1.82, 2.24) is 9.97 Å². The molecular weight excluding hydrogens is 596 g/mol. The first-order valence-corrected chi connectivity index (χ1v) is 16.9. The zero-order valence-electron chi connectivity index (χ0n) is 28.8. The minimum Gasteiger partial charge on any atom is -0.481 e. The molecule has 3 aliphatic heterocycles. The average molecular weight is 647 g/mol. The fourth-order valence-electron chi connectivity index (χ4n) is 7.91. The number of aliphatic hydroxyl groups is 1. The summed E-state index contributed by atoms with van der Waals surface area (Å²) in [6.07, 6.45) is 4.10. The highest BCUT2D eigenvalue weighted by molar-refractivity contribution is 5.95. The largest absolute Gasteiger partial charge is 0.481 e. The number of rotatable bonds is 11. The topological polar surface area (TPSA) is 160 Å². The summed E-state index contributed by atoms with van der Waals surface area (Å²) in [6.45, 7) is 12.3. The lowest BCUT2D eigenvalue weighted by Gasteiger charge is -2.18. The minimum atomic E-state index is -0.812. The van der Waals surface area contributed by atoms with E-state index in [0.29, 0.717) is 51.4 Å². The first-order chi connectivity index (χ1) is 22.3. The van der Waals surface area contributed by atoms with Gasteiger partial charge in [0.15, 0.2) is 0 Å². The van der Waals surface area contributed by atoms with E-state index in [1.54, 1.807) is 7.11 Å². The monoisotopic (exact) mass is 646 g/mol. The maximum atomic E-state index is 11.4. The van der Waals surface area contributed by atoms with Crippen molar-refractivity contribution in [3.05, 3.63) is 67.6 Å². The number of aromatic nitrogens is 2. The molecule has 4 atom stereocenters. The number of methoxy groups -OCH3 is 1. The van der Waals surface area contributed by atoms with Crippen molar-refractivity contribution in [2.75, 3.05) is 7.11 Å². The van der Waals surface area contributed by atoms with Gasteiger partial charge in [0.1, 0.15) is 0 Å². The molecule has 5 N–H and O–H groups in total. The van der Waals surface area contributed by atoms with Crippen LogP contribution in [-0.2, 0) is 46.4 Å². The van der Waals surface area contributed by atoms with E-state index in [2.05, 4.69) is 44.6 Å². The van der Waals surface area contributed by atoms with Crippen molar-refractivity contribution in [2.45, 2.75) is 118 Å². The lowest BCUT2D eigenvalue weighted by Crippen LogP contribution is -2.26. The number of carboxylic acids is 2. The van der Waals surface area contributed by atoms with E-state index in [4.69, 9.17) is 14.7 Å². The van der Waals surface area contributed by atoms with E-state index in [1.807, 2.05) is 6.92 Å². The second-order valence-corrected chi connectivity index (χ2v) is 13.6. The summed E-state index contributed by atoms with van der Waals surface area (Å²) in [7, 11) is 1.72. The number of allylic oxidation sites excluding steroid dienone is 3. The number of aliphatic hydroxyl groups excluding tert-OH is 1. The molecule has 0 fully saturated rings. The Balaban J connectivity index is 1.66. The molecule has 254 valence electrons. The third-order valence-corrected chi connectivity index (χ3v) is 10.6. The molecular formula is C37H50N4O6. The third-order valence-electron chi connectivity index (χ3n) is 10.6. The third kappa shape index (κ3) is 7.09. The SMILES string of the molecule is COC(C)c1c2[nH]c(c1C)CC1=NC(=C(CCCC(=O)O)C1C)Cc1[nH]c(c(C)c1CCCC(=O)O)CC1=NC(=C(C)C1C(C)O)C2. The Kier molecular flexibility index (Phi) is 10.4. The molecule has 8 bridgehead atoms. The molecule has 0 saturated carbocycles. The molecule has 5 heterocycles. The average Bonchev–Trinajstić information content (AvgIpc) is 3.67. The zero-order valence-corrected chi connectivity index (χ0v) is 28.8. The van der Waals surface area contributed by atoms with Crippen LogP contribution in [0.4, 0.5) is 0 Å². The molecule has 2 aromatic rings. The molecule has 0 spiro atoms. The number of carbonyl (C=O) groups is 2. The fourth-order valence-corrected chi connectivity index (χ4v) is 7.91. The molecule has 0 aromatic carbocycles. The van der Waals surface area contributed by atoms with Crippen LogP contribution in [0.15, 0.2) is 32.5 Å². The van der Waals surface area contributed by atoms with Gasteiger partial charge >= 0.3 is 11.9 Å². The molecule has 5 rings (SSSR count). The van der Waals surface area contributed by atoms with Crippen molar-refractivity contribution < 1.29 is 29.6 Å². The number of aromatic amines is 2. The predicted molar refractivity (Wildman–Crippen MR) is 182 cm³/mol. The van der Waals surface area contributed by atoms with Crippen LogP contribution in [-0.4, -0.2) is 61.9 Å². The van der Waals surface area contributed by atoms with E-state index in [-0.39, 0.29) is 30.8 Å². The highest BCUT2D eigenvalue weighted by atomic mass is 16.5. The Hall–Kier alpha value is -3.76. The van der Waals surface area contributed by atoms with Gasteiger partial charge in [-0.3, -0.25) is 19.6 Å². The summed E-state index contributed by atoms with van der Waals surface area (Å²) in [5.41, 5.74) is 14.8. The highest BCUT2D eigenvalue weighted by Crippen LogP contribution is 2.39. The lowest BCUT2D eigenvalue weighted by atomic mass is 9.88. The summed E-state index contributed by atoms with van der Waals surface area (Å²) in [5.74, 6) is -1.75. The van der Waals surface area contributed by atoms with E-state index < -0.39 is 18.0 Å². The van der Waals surface area contributed by atoms with Gasteiger partial charge in [-0.1, -0.05) is 6.92 Å². The molecule has 47 heavy (non-hydrogen) atoms. The summed E-state index contributed by atoms with van der Waals surface area (Å²) in [4.78, 5) is 40.7. The van der Waals surface area contributed by atoms with Crippen LogP contribution in [0.5, 0.6) is 0 Å². The van der Waals surface area contributed by atoms with Crippen molar-refractivity contribution in [2.24, 2.45) is 21.8 Å². The highest BCUT2D eigenvalue weighted by Gasteiger charge is 2.34. The number of ether oxygens (including phenoxy) is 1. The standard InChI is InChI=1S/C37H50N4O6/c1-18-24(10-8-12-34(43)44)30-17-31-25(11-9-13-35(45)46)19(2)27(39-31)15-32-36(22(5)42)20(3)29(40-32)16-33-37(23(6)47-7)21(4)28(41-33)14-26(18)38-30/h18,22-23,36,39,41-42H,8-17H2,1-7H3,(H,43,44)(H,45,46). The first kappa shape index (κ1) is 34.6. The lowest BCUT2D eigenvalue weighted by molar-refractivity contribution is -0.138. The fraction of sp³-hybridized carbons (Fsp3) is 0.568. The second kappa shape index (κ2) is 14.2. The molecule has 3 aliphatic rings. The summed E-state index contributed by atoms with van der Waals surface area (Å²) >= 11 is 0. The quantitative estimate of drug-likeness (QED) is 0.193. The molecule has 0 saturated heterocycles. The van der Waals surface area contributed by atoms with Gasteiger partial charge in [-0.05, 0) is 88.1 Å². The maximum Gasteiger partial charge on any atom is 0.303 e. The van der Waals surface area contributed by atoms with Gasteiger partial charge in [0.2, 0.25) is 0 Å². The van der Waals surface area contributed by atoms with Gasteiger partial charge in [0.25, 0.3) is 0 Å². The van der Waals surface area contributed by atoms with Crippen LogP contribution < -0.4 is 0 Å². The number of aliphatic carboxylic acids is 2. The summed E-state index contributed by atoms with van der Waals surface area (Å²) < 4.78 is 5.84. The Morgan fingerprint density at radius 1 is 0.830 bits per heavy atom. The Morgan fingerprint density at radius 3 is 2.04 bits per heavy atom. The normalized spacial score (nSPS) is 20.9. The van der Waals surface area contributed by atoms with E-state index >= 15 is 0 Å². The smallest absolute Gasteiger partial charge is 0.303 e. The van der Waals surface area contributed by atoms with Crippen molar-refractivity contribution in [1.29, 1.82) is 0 Å². The first-order valence-electron chi connectivity index (χ1n) is 16.9. The van der Waals surface area contributed by atoms with Crippen molar-refractivity contribution in [3.8, 4) is 0 Å². The van der Waals surface area contributed by atoms with E-state index in [0.717, 1.165) is 73.4 Å². The zero-order chi connectivity index (χ0) is 34.2. The van der Waals surface area contributed by atoms with Crippen LogP contribution in [0.25, 0.3) is 0 Å². The van der Waals surface area contributed by atoms with Crippen LogP contribution >= 0.6 is 0 Å². The Labute approximate surface area is 277 Å². The molecule has 0 aliphatic carbocycles. The van der Waals surface area contributed by atoms with E-state index in [9.17, 15) is 24.9 Å². The van der Waals surface area contributed by atoms with Crippen LogP contribution in [0, 0.1) is 25.7 Å². The van der Waals surface area contributed by atoms with Gasteiger partial charge in [-0.25, -0.2) is 0 Å². The number of carboxylic acid groups (broad SMARTS) is 2. The number of nitrogens with zero attached hydrogens (tertiary/aromatic N) is 2. The summed E-state index contributed by atoms with van der Waals surface area (Å²) in [5, 5.41) is 29.7. The Morgan fingerprint density at radius 2 is 1.40 bits per heavy atom. The van der Waals surface area contributed by atoms with Crippen LogP contribution in [0.2, 0.25) is 0 Å². The Bertz CT molecular complexity index is 1680. The van der Waals surface area contributed by atoms with Gasteiger partial charge in [0, 0.05) is 109 Å². The van der Waals surface area contributed by atoms with Crippen LogP contribution in [0.1, 0.15) is 111 Å². The molecule has 0 radical (unpaired) electrons. The van der Waals surface area contributed by atoms with Crippen molar-refractivity contribution in [3.63, 3.8) is 0 Å². The molecule has 0 amide bonds. The molecule has 10 heteroatoms. The molecule has 4 unspecified atom stereocenters. The van der Waals surface area contributed by atoms with Crippen molar-refractivity contribution >= 4 is 23.4 Å². The van der Waals surface area contributed by atoms with Gasteiger partial charge < -0.3 is 30.0 Å². The minimum absolute atomic E-state index is 0.0632. The van der Waals surface area contributed by atoms with Crippen LogP contribution in [0.3, 0.4) is 0 Å².